The zero-order valence-electron chi connectivity index (χ0n) is 21.8. The van der Waals surface area contributed by atoms with Gasteiger partial charge in [0.1, 0.15) is 11.8 Å². The van der Waals surface area contributed by atoms with Gasteiger partial charge in [-0.3, -0.25) is 9.59 Å². The first kappa shape index (κ1) is 28.5. The second kappa shape index (κ2) is 13.5. The Morgan fingerprint density at radius 3 is 2.38 bits per heavy atom. The van der Waals surface area contributed by atoms with Gasteiger partial charge >= 0.3 is 0 Å². The molecule has 0 aromatic heterocycles. The molecule has 0 aliphatic rings. The highest BCUT2D eigenvalue weighted by atomic mass is 35.5. The molecule has 0 radical (unpaired) electrons. The van der Waals surface area contributed by atoms with E-state index in [1.54, 1.807) is 23.1 Å². The molecule has 0 fully saturated rings. The maximum Gasteiger partial charge on any atom is 0.261 e. The summed E-state index contributed by atoms with van der Waals surface area (Å²) < 4.78 is 5.93. The van der Waals surface area contributed by atoms with Gasteiger partial charge in [0.25, 0.3) is 5.91 Å². The van der Waals surface area contributed by atoms with E-state index >= 15 is 0 Å². The fourth-order valence-corrected chi connectivity index (χ4v) is 4.48. The molecule has 2 atom stereocenters. The van der Waals surface area contributed by atoms with Gasteiger partial charge in [0.2, 0.25) is 5.91 Å². The normalized spacial score (nSPS) is 12.5. The number of ether oxygens (including phenoxy) is 1. The quantitative estimate of drug-likeness (QED) is 0.300. The van der Waals surface area contributed by atoms with Crippen LogP contribution < -0.4 is 10.1 Å². The maximum absolute atomic E-state index is 13.7. The lowest BCUT2D eigenvalue weighted by Crippen LogP contribution is -2.53. The van der Waals surface area contributed by atoms with Crippen LogP contribution in [0, 0.1) is 13.8 Å². The third-order valence-corrected chi connectivity index (χ3v) is 6.90. The molecule has 0 aliphatic heterocycles. The number of halogens is 2. The molecule has 1 N–H and O–H groups in total. The van der Waals surface area contributed by atoms with Crippen LogP contribution in [0.5, 0.6) is 5.75 Å². The van der Waals surface area contributed by atoms with Crippen molar-refractivity contribution in [3.8, 4) is 5.75 Å². The lowest BCUT2D eigenvalue weighted by Gasteiger charge is -2.32. The Morgan fingerprint density at radius 2 is 1.73 bits per heavy atom. The first-order valence-electron chi connectivity index (χ1n) is 12.5. The van der Waals surface area contributed by atoms with Gasteiger partial charge in [-0.15, -0.1) is 0 Å². The van der Waals surface area contributed by atoms with E-state index in [0.717, 1.165) is 23.1 Å². The molecule has 0 spiro atoms. The smallest absolute Gasteiger partial charge is 0.261 e. The molecular formula is C30H34Cl2N2O3. The number of benzene rings is 3. The van der Waals surface area contributed by atoms with Crippen LogP contribution >= 0.6 is 23.2 Å². The predicted molar refractivity (Wildman–Crippen MR) is 150 cm³/mol. The summed E-state index contributed by atoms with van der Waals surface area (Å²) in [5, 5.41) is 3.99. The Bertz CT molecular complexity index is 1220. The first-order chi connectivity index (χ1) is 17.7. The number of hydrogen-bond donors (Lipinski definition) is 1. The minimum Gasteiger partial charge on any atom is -0.483 e. The second-order valence-corrected chi connectivity index (χ2v) is 10.2. The third kappa shape index (κ3) is 8.24. The Kier molecular flexibility index (Phi) is 10.4. The van der Waals surface area contributed by atoms with Crippen molar-refractivity contribution in [3.63, 3.8) is 0 Å². The summed E-state index contributed by atoms with van der Waals surface area (Å²) in [6, 6.07) is 19.8. The minimum absolute atomic E-state index is 0.0340. The molecule has 3 rings (SSSR count). The van der Waals surface area contributed by atoms with Crippen molar-refractivity contribution in [2.24, 2.45) is 0 Å². The summed E-state index contributed by atoms with van der Waals surface area (Å²) >= 11 is 12.6. The molecule has 0 saturated carbocycles. The first-order valence-corrected chi connectivity index (χ1v) is 13.2. The van der Waals surface area contributed by atoms with Crippen molar-refractivity contribution in [1.82, 2.24) is 10.2 Å². The number of carbonyl (C=O) groups excluding carboxylic acids is 2. The molecule has 2 amide bonds. The number of nitrogens with one attached hydrogen (secondary N) is 1. The van der Waals surface area contributed by atoms with E-state index in [-0.39, 0.29) is 31.0 Å². The molecule has 37 heavy (non-hydrogen) atoms. The zero-order chi connectivity index (χ0) is 26.9. The zero-order valence-corrected chi connectivity index (χ0v) is 23.3. The largest absolute Gasteiger partial charge is 0.483 e. The topological polar surface area (TPSA) is 58.6 Å². The number of amides is 2. The van der Waals surface area contributed by atoms with Crippen molar-refractivity contribution in [2.45, 2.75) is 59.2 Å². The molecule has 0 bridgehead atoms. The molecule has 0 unspecified atom stereocenters. The second-order valence-electron chi connectivity index (χ2n) is 9.34. The van der Waals surface area contributed by atoms with Gasteiger partial charge in [-0.05, 0) is 62.1 Å². The lowest BCUT2D eigenvalue weighted by atomic mass is 10.0. The molecule has 196 valence electrons. The van der Waals surface area contributed by atoms with Crippen molar-refractivity contribution < 1.29 is 14.3 Å². The average Bonchev–Trinajstić information content (AvgIpc) is 2.87. The summed E-state index contributed by atoms with van der Waals surface area (Å²) in [4.78, 5) is 28.8. The van der Waals surface area contributed by atoms with Crippen LogP contribution in [0.4, 0.5) is 0 Å². The van der Waals surface area contributed by atoms with Crippen LogP contribution in [0.2, 0.25) is 10.0 Å². The van der Waals surface area contributed by atoms with Crippen LogP contribution in [0.15, 0.2) is 66.7 Å². The van der Waals surface area contributed by atoms with Crippen LogP contribution in [0.25, 0.3) is 0 Å². The Labute approximate surface area is 229 Å². The number of carbonyl (C=O) groups is 2. The highest BCUT2D eigenvalue weighted by Gasteiger charge is 2.31. The summed E-state index contributed by atoms with van der Waals surface area (Å²) in [5.74, 6) is 0.0986. The highest BCUT2D eigenvalue weighted by molar-refractivity contribution is 6.35. The molecule has 0 aliphatic carbocycles. The standard InChI is InChI=1S/C30H34Cl2N2O3/c1-5-22(4)33-30(36)27(16-23-9-7-6-8-10-23)34(18-24-12-13-25(31)17-26(24)32)29(35)19-37-28-14-11-20(2)15-21(28)3/h6-15,17,22,27H,5,16,18-19H2,1-4H3,(H,33,36)/t22-,27-/m0/s1. The molecule has 7 heteroatoms. The summed E-state index contributed by atoms with van der Waals surface area (Å²) in [6.45, 7) is 7.82. The molecular weight excluding hydrogens is 507 g/mol. The molecule has 3 aromatic carbocycles. The third-order valence-electron chi connectivity index (χ3n) is 6.31. The van der Waals surface area contributed by atoms with Crippen molar-refractivity contribution >= 4 is 35.0 Å². The number of nitrogens with zero attached hydrogens (tertiary/aromatic N) is 1. The Balaban J connectivity index is 1.95. The summed E-state index contributed by atoms with van der Waals surface area (Å²) in [5.41, 5.74) is 3.69. The monoisotopic (exact) mass is 540 g/mol. The van der Waals surface area contributed by atoms with E-state index in [1.807, 2.05) is 76.2 Å². The van der Waals surface area contributed by atoms with Gasteiger partial charge in [0, 0.05) is 29.1 Å². The van der Waals surface area contributed by atoms with Crippen LogP contribution in [0.1, 0.15) is 42.5 Å². The average molecular weight is 542 g/mol. The van der Waals surface area contributed by atoms with Crippen LogP contribution in [0.3, 0.4) is 0 Å². The van der Waals surface area contributed by atoms with Gasteiger partial charge in [0.05, 0.1) is 0 Å². The van der Waals surface area contributed by atoms with Gasteiger partial charge < -0.3 is 15.0 Å². The van der Waals surface area contributed by atoms with E-state index in [0.29, 0.717) is 27.8 Å². The van der Waals surface area contributed by atoms with E-state index in [1.165, 1.54) is 0 Å². The van der Waals surface area contributed by atoms with Crippen LogP contribution in [-0.4, -0.2) is 35.4 Å². The molecule has 5 nitrogen and oxygen atoms in total. The maximum atomic E-state index is 13.7. The molecule has 3 aromatic rings. The van der Waals surface area contributed by atoms with Gasteiger partial charge in [-0.2, -0.15) is 0 Å². The highest BCUT2D eigenvalue weighted by Crippen LogP contribution is 2.25. The van der Waals surface area contributed by atoms with E-state index in [4.69, 9.17) is 27.9 Å². The van der Waals surface area contributed by atoms with E-state index in [2.05, 4.69) is 5.32 Å². The Morgan fingerprint density at radius 1 is 1.00 bits per heavy atom. The van der Waals surface area contributed by atoms with Gasteiger partial charge in [0.15, 0.2) is 6.61 Å². The molecule has 0 saturated heterocycles. The van der Waals surface area contributed by atoms with Gasteiger partial charge in [-0.25, -0.2) is 0 Å². The number of rotatable bonds is 11. The minimum atomic E-state index is -0.765. The van der Waals surface area contributed by atoms with E-state index < -0.39 is 6.04 Å². The lowest BCUT2D eigenvalue weighted by molar-refractivity contribution is -0.143. The molecule has 0 heterocycles. The fourth-order valence-electron chi connectivity index (χ4n) is 4.01. The summed E-state index contributed by atoms with van der Waals surface area (Å²) in [6.07, 6.45) is 1.13. The summed E-state index contributed by atoms with van der Waals surface area (Å²) in [7, 11) is 0. The SMILES string of the molecule is CC[C@H](C)NC(=O)[C@H](Cc1ccccc1)N(Cc1ccc(Cl)cc1Cl)C(=O)COc1ccc(C)cc1C. The predicted octanol–water partition coefficient (Wildman–Crippen LogP) is 6.54. The van der Waals surface area contributed by atoms with Crippen LogP contribution in [-0.2, 0) is 22.6 Å². The number of aryl methyl sites for hydroxylation is 2. The van der Waals surface area contributed by atoms with E-state index in [9.17, 15) is 9.59 Å². The Hall–Kier alpha value is -3.02. The fraction of sp³-hybridized carbons (Fsp3) is 0.333. The van der Waals surface area contributed by atoms with Crippen molar-refractivity contribution in [2.75, 3.05) is 6.61 Å². The van der Waals surface area contributed by atoms with Crippen molar-refractivity contribution in [3.05, 3.63) is 99.0 Å². The number of hydrogen-bond acceptors (Lipinski definition) is 3. The van der Waals surface area contributed by atoms with Crippen molar-refractivity contribution in [1.29, 1.82) is 0 Å². The van der Waals surface area contributed by atoms with Gasteiger partial charge in [-0.1, -0.05) is 84.2 Å².